The largest absolute Gasteiger partial charge is 0.370 e. The normalized spacial score (nSPS) is 10.5. The lowest BCUT2D eigenvalue weighted by Crippen LogP contribution is -2.41. The van der Waals surface area contributed by atoms with Gasteiger partial charge in [0.1, 0.15) is 0 Å². The molecule has 3 amide bonds. The standard InChI is InChI=1S/C17H26N4O3.ClH/c1-3-17(4-2,11-18)16(24)21-13-7-5-6-12(10-13)15(23)20-9-8-14(19)22;/h5-7,10H,3-4,8-9,11,18H2,1-2H3,(H2,19,22)(H,20,23)(H,21,24);1H. The Labute approximate surface area is 154 Å². The third-order valence-electron chi connectivity index (χ3n) is 4.27. The van der Waals surface area contributed by atoms with E-state index in [1.807, 2.05) is 13.8 Å². The molecule has 0 unspecified atom stereocenters. The molecule has 0 spiro atoms. The summed E-state index contributed by atoms with van der Waals surface area (Å²) in [5.74, 6) is -0.960. The number of nitrogens with one attached hydrogen (secondary N) is 2. The minimum absolute atomic E-state index is 0. The Morgan fingerprint density at radius 1 is 1.16 bits per heavy atom. The zero-order chi connectivity index (χ0) is 18.2. The minimum Gasteiger partial charge on any atom is -0.370 e. The molecule has 1 rings (SSSR count). The van der Waals surface area contributed by atoms with Crippen LogP contribution in [0.2, 0.25) is 0 Å². The number of primary amides is 1. The van der Waals surface area contributed by atoms with E-state index in [1.165, 1.54) is 0 Å². The van der Waals surface area contributed by atoms with E-state index >= 15 is 0 Å². The van der Waals surface area contributed by atoms with Gasteiger partial charge in [0, 0.05) is 30.8 Å². The van der Waals surface area contributed by atoms with E-state index in [2.05, 4.69) is 10.6 Å². The van der Waals surface area contributed by atoms with Crippen molar-refractivity contribution in [2.45, 2.75) is 33.1 Å². The number of carbonyl (C=O) groups is 3. The van der Waals surface area contributed by atoms with Crippen LogP contribution in [-0.2, 0) is 9.59 Å². The molecule has 1 aromatic rings. The molecule has 0 atom stereocenters. The molecule has 0 fully saturated rings. The van der Waals surface area contributed by atoms with Crippen molar-refractivity contribution in [2.75, 3.05) is 18.4 Å². The molecule has 140 valence electrons. The molecular weight excluding hydrogens is 344 g/mol. The van der Waals surface area contributed by atoms with Gasteiger partial charge in [0.25, 0.3) is 5.91 Å². The molecule has 0 aliphatic heterocycles. The van der Waals surface area contributed by atoms with Crippen molar-refractivity contribution < 1.29 is 14.4 Å². The first-order chi connectivity index (χ1) is 11.4. The van der Waals surface area contributed by atoms with Crippen molar-refractivity contribution in [3.63, 3.8) is 0 Å². The quantitative estimate of drug-likeness (QED) is 0.524. The predicted molar refractivity (Wildman–Crippen MR) is 101 cm³/mol. The van der Waals surface area contributed by atoms with Crippen molar-refractivity contribution in [3.05, 3.63) is 29.8 Å². The van der Waals surface area contributed by atoms with Crippen molar-refractivity contribution in [1.82, 2.24) is 5.32 Å². The number of nitrogens with two attached hydrogens (primary N) is 2. The molecule has 0 heterocycles. The summed E-state index contributed by atoms with van der Waals surface area (Å²) in [4.78, 5) is 35.2. The first kappa shape index (κ1) is 22.9. The third-order valence-corrected chi connectivity index (χ3v) is 4.27. The Bertz CT molecular complexity index is 595. The predicted octanol–water partition coefficient (Wildman–Crippen LogP) is 1.42. The van der Waals surface area contributed by atoms with Crippen LogP contribution in [0.25, 0.3) is 0 Å². The summed E-state index contributed by atoms with van der Waals surface area (Å²) in [6.07, 6.45) is 1.35. The fourth-order valence-electron chi connectivity index (χ4n) is 2.36. The number of benzene rings is 1. The minimum atomic E-state index is -0.611. The number of hydrogen-bond acceptors (Lipinski definition) is 4. The molecule has 25 heavy (non-hydrogen) atoms. The van der Waals surface area contributed by atoms with Crippen molar-refractivity contribution in [3.8, 4) is 0 Å². The van der Waals surface area contributed by atoms with Gasteiger partial charge in [0.05, 0.1) is 5.41 Å². The zero-order valence-electron chi connectivity index (χ0n) is 14.6. The van der Waals surface area contributed by atoms with E-state index in [0.717, 1.165) is 0 Å². The molecule has 1 aromatic carbocycles. The lowest BCUT2D eigenvalue weighted by atomic mass is 9.81. The van der Waals surface area contributed by atoms with E-state index < -0.39 is 11.3 Å². The molecule has 0 saturated heterocycles. The van der Waals surface area contributed by atoms with Gasteiger partial charge in [0.15, 0.2) is 0 Å². The van der Waals surface area contributed by atoms with Crippen LogP contribution in [0.15, 0.2) is 24.3 Å². The number of hydrogen-bond donors (Lipinski definition) is 4. The maximum Gasteiger partial charge on any atom is 0.251 e. The van der Waals surface area contributed by atoms with Crippen LogP contribution >= 0.6 is 12.4 Å². The highest BCUT2D eigenvalue weighted by Gasteiger charge is 2.33. The van der Waals surface area contributed by atoms with E-state index in [9.17, 15) is 14.4 Å². The van der Waals surface area contributed by atoms with Gasteiger partial charge in [-0.25, -0.2) is 0 Å². The maximum absolute atomic E-state index is 12.5. The Hall–Kier alpha value is -2.12. The van der Waals surface area contributed by atoms with Crippen molar-refractivity contribution in [2.24, 2.45) is 16.9 Å². The van der Waals surface area contributed by atoms with Crippen molar-refractivity contribution in [1.29, 1.82) is 0 Å². The van der Waals surface area contributed by atoms with Gasteiger partial charge in [-0.05, 0) is 31.0 Å². The Morgan fingerprint density at radius 3 is 2.32 bits per heavy atom. The molecule has 0 aliphatic rings. The second-order valence-electron chi connectivity index (χ2n) is 5.70. The average Bonchev–Trinajstić information content (AvgIpc) is 2.57. The number of amides is 3. The first-order valence-electron chi connectivity index (χ1n) is 8.06. The molecule has 0 aromatic heterocycles. The highest BCUT2D eigenvalue weighted by molar-refractivity contribution is 5.99. The fourth-order valence-corrected chi connectivity index (χ4v) is 2.36. The average molecular weight is 371 g/mol. The van der Waals surface area contributed by atoms with E-state index in [-0.39, 0.29) is 43.7 Å². The van der Waals surface area contributed by atoms with E-state index in [0.29, 0.717) is 24.1 Å². The number of carbonyl (C=O) groups excluding carboxylic acids is 3. The SMILES string of the molecule is CCC(CC)(CN)C(=O)Nc1cccc(C(=O)NCCC(N)=O)c1.Cl. The zero-order valence-corrected chi connectivity index (χ0v) is 15.4. The highest BCUT2D eigenvalue weighted by Crippen LogP contribution is 2.27. The molecule has 8 heteroatoms. The summed E-state index contributed by atoms with van der Waals surface area (Å²) in [6, 6.07) is 6.61. The van der Waals surface area contributed by atoms with Gasteiger partial charge in [-0.15, -0.1) is 12.4 Å². The van der Waals surface area contributed by atoms with Crippen molar-refractivity contribution >= 4 is 35.8 Å². The Morgan fingerprint density at radius 2 is 1.80 bits per heavy atom. The number of halogens is 1. The lowest BCUT2D eigenvalue weighted by molar-refractivity contribution is -0.125. The van der Waals surface area contributed by atoms with Gasteiger partial charge in [-0.1, -0.05) is 19.9 Å². The van der Waals surface area contributed by atoms with Crippen LogP contribution in [0.1, 0.15) is 43.5 Å². The topological polar surface area (TPSA) is 127 Å². The van der Waals surface area contributed by atoms with E-state index in [1.54, 1.807) is 24.3 Å². The van der Waals surface area contributed by atoms with Crippen LogP contribution in [0.3, 0.4) is 0 Å². The van der Waals surface area contributed by atoms with E-state index in [4.69, 9.17) is 11.5 Å². The summed E-state index contributed by atoms with van der Waals surface area (Å²) >= 11 is 0. The second-order valence-corrected chi connectivity index (χ2v) is 5.70. The van der Waals surface area contributed by atoms with Crippen LogP contribution in [0.5, 0.6) is 0 Å². The summed E-state index contributed by atoms with van der Waals surface area (Å²) in [5, 5.41) is 5.43. The second kappa shape index (κ2) is 10.7. The lowest BCUT2D eigenvalue weighted by Gasteiger charge is -2.28. The summed E-state index contributed by atoms with van der Waals surface area (Å²) < 4.78 is 0. The van der Waals surface area contributed by atoms with Gasteiger partial charge in [-0.3, -0.25) is 14.4 Å². The Kier molecular flexibility index (Phi) is 9.78. The van der Waals surface area contributed by atoms with Gasteiger partial charge in [-0.2, -0.15) is 0 Å². The summed E-state index contributed by atoms with van der Waals surface area (Å²) in [5.41, 5.74) is 11.1. The molecule has 7 nitrogen and oxygen atoms in total. The molecule has 0 aliphatic carbocycles. The van der Waals surface area contributed by atoms with Gasteiger partial charge < -0.3 is 22.1 Å². The van der Waals surface area contributed by atoms with Crippen LogP contribution < -0.4 is 22.1 Å². The van der Waals surface area contributed by atoms with Crippen LogP contribution in [-0.4, -0.2) is 30.8 Å². The fraction of sp³-hybridized carbons (Fsp3) is 0.471. The molecular formula is C17H27ClN4O3. The summed E-state index contributed by atoms with van der Waals surface area (Å²) in [7, 11) is 0. The third kappa shape index (κ3) is 6.36. The highest BCUT2D eigenvalue weighted by atomic mass is 35.5. The monoisotopic (exact) mass is 370 g/mol. The Balaban J connectivity index is 0.00000576. The molecule has 0 bridgehead atoms. The molecule has 0 saturated carbocycles. The van der Waals surface area contributed by atoms with Crippen LogP contribution in [0, 0.1) is 5.41 Å². The molecule has 0 radical (unpaired) electrons. The van der Waals surface area contributed by atoms with Crippen LogP contribution in [0.4, 0.5) is 5.69 Å². The first-order valence-corrected chi connectivity index (χ1v) is 8.06. The number of anilines is 1. The molecule has 6 N–H and O–H groups in total. The maximum atomic E-state index is 12.5. The number of rotatable bonds is 9. The smallest absolute Gasteiger partial charge is 0.251 e. The van der Waals surface area contributed by atoms with Gasteiger partial charge >= 0.3 is 0 Å². The summed E-state index contributed by atoms with van der Waals surface area (Å²) in [6.45, 7) is 4.29. The van der Waals surface area contributed by atoms with Gasteiger partial charge in [0.2, 0.25) is 11.8 Å².